The van der Waals surface area contributed by atoms with Crippen molar-refractivity contribution in [1.29, 1.82) is 0 Å². The number of amides is 1. The number of aromatic amines is 1. The summed E-state index contributed by atoms with van der Waals surface area (Å²) in [6.45, 7) is 6.11. The molecule has 25 heavy (non-hydrogen) atoms. The maximum Gasteiger partial charge on any atom is 0.316 e. The first kappa shape index (κ1) is 16.7. The van der Waals surface area contributed by atoms with Crippen LogP contribution in [0.4, 0.5) is 5.69 Å². The zero-order valence-electron chi connectivity index (χ0n) is 14.3. The minimum Gasteiger partial charge on any atom is -0.322 e. The number of carbonyl (C=O) groups is 1. The predicted octanol–water partition coefficient (Wildman–Crippen LogP) is 2.58. The van der Waals surface area contributed by atoms with E-state index in [9.17, 15) is 14.4 Å². The zero-order valence-corrected chi connectivity index (χ0v) is 14.3. The van der Waals surface area contributed by atoms with Crippen LogP contribution in [0.5, 0.6) is 0 Å². The van der Waals surface area contributed by atoms with Crippen LogP contribution in [-0.2, 0) is 6.54 Å². The molecule has 2 N–H and O–H groups in total. The molecule has 3 aromatic rings. The summed E-state index contributed by atoms with van der Waals surface area (Å²) in [4.78, 5) is 38.7. The fourth-order valence-electron chi connectivity index (χ4n) is 2.98. The number of nitrogens with one attached hydrogen (secondary N) is 2. The standard InChI is InChI=1S/C19H19N3O3/c1-4-22-16-6-5-13(10-15(16)21-18(24)19(22)25)17(23)20-14-8-11(2)7-12(3)9-14/h5-10H,4H2,1-3H3,(H,20,23)(H,21,24). The number of H-pyrrole nitrogens is 1. The van der Waals surface area contributed by atoms with Crippen LogP contribution < -0.4 is 16.4 Å². The molecule has 2 aromatic carbocycles. The predicted molar refractivity (Wildman–Crippen MR) is 98.4 cm³/mol. The number of hydrogen-bond donors (Lipinski definition) is 2. The summed E-state index contributed by atoms with van der Waals surface area (Å²) in [5.41, 5.74) is 3.01. The topological polar surface area (TPSA) is 84.0 Å². The maximum absolute atomic E-state index is 12.5. The van der Waals surface area contributed by atoms with Crippen LogP contribution in [0.15, 0.2) is 46.0 Å². The first-order valence-electron chi connectivity index (χ1n) is 8.05. The van der Waals surface area contributed by atoms with Gasteiger partial charge in [0.2, 0.25) is 0 Å². The molecule has 0 unspecified atom stereocenters. The highest BCUT2D eigenvalue weighted by Crippen LogP contribution is 2.17. The van der Waals surface area contributed by atoms with Crippen molar-refractivity contribution in [3.8, 4) is 0 Å². The SMILES string of the molecule is CCn1c(=O)c(=O)[nH]c2cc(C(=O)Nc3cc(C)cc(C)c3)ccc21. The number of hydrogen-bond acceptors (Lipinski definition) is 3. The van der Waals surface area contributed by atoms with Gasteiger partial charge in [-0.2, -0.15) is 0 Å². The van der Waals surface area contributed by atoms with Crippen LogP contribution in [0.1, 0.15) is 28.4 Å². The maximum atomic E-state index is 12.5. The number of anilines is 1. The normalized spacial score (nSPS) is 10.8. The number of fused-ring (bicyclic) bond motifs is 1. The fraction of sp³-hybridized carbons (Fsp3) is 0.211. The number of carbonyl (C=O) groups excluding carboxylic acids is 1. The van der Waals surface area contributed by atoms with Gasteiger partial charge >= 0.3 is 11.1 Å². The highest BCUT2D eigenvalue weighted by molar-refractivity contribution is 6.06. The Balaban J connectivity index is 2.01. The summed E-state index contributed by atoms with van der Waals surface area (Å²) in [6, 6.07) is 10.7. The Labute approximate surface area is 144 Å². The van der Waals surface area contributed by atoms with Gasteiger partial charge < -0.3 is 14.9 Å². The second kappa shape index (κ2) is 6.39. The lowest BCUT2D eigenvalue weighted by molar-refractivity contribution is 0.102. The van der Waals surface area contributed by atoms with E-state index in [0.717, 1.165) is 16.8 Å². The van der Waals surface area contributed by atoms with E-state index in [0.29, 0.717) is 23.1 Å². The van der Waals surface area contributed by atoms with E-state index in [-0.39, 0.29) is 5.91 Å². The molecule has 0 aliphatic rings. The first-order valence-corrected chi connectivity index (χ1v) is 8.05. The van der Waals surface area contributed by atoms with E-state index in [2.05, 4.69) is 10.3 Å². The molecule has 3 rings (SSSR count). The molecule has 0 saturated carbocycles. The van der Waals surface area contributed by atoms with Gasteiger partial charge in [0.1, 0.15) is 0 Å². The van der Waals surface area contributed by atoms with Crippen LogP contribution in [0.25, 0.3) is 11.0 Å². The average molecular weight is 337 g/mol. The van der Waals surface area contributed by atoms with Crippen molar-refractivity contribution in [1.82, 2.24) is 9.55 Å². The van der Waals surface area contributed by atoms with Crippen molar-refractivity contribution in [3.05, 3.63) is 73.8 Å². The summed E-state index contributed by atoms with van der Waals surface area (Å²) in [6.07, 6.45) is 0. The number of nitrogens with zero attached hydrogens (tertiary/aromatic N) is 1. The van der Waals surface area contributed by atoms with Crippen molar-refractivity contribution >= 4 is 22.6 Å². The van der Waals surface area contributed by atoms with E-state index in [1.54, 1.807) is 25.1 Å². The second-order valence-corrected chi connectivity index (χ2v) is 6.07. The van der Waals surface area contributed by atoms with Crippen LogP contribution in [0, 0.1) is 13.8 Å². The van der Waals surface area contributed by atoms with Crippen LogP contribution >= 0.6 is 0 Å². The lowest BCUT2D eigenvalue weighted by Crippen LogP contribution is -2.36. The van der Waals surface area contributed by atoms with E-state index in [1.165, 1.54) is 4.57 Å². The molecule has 0 atom stereocenters. The fourth-order valence-corrected chi connectivity index (χ4v) is 2.98. The quantitative estimate of drug-likeness (QED) is 0.721. The number of rotatable bonds is 3. The first-order chi connectivity index (χ1) is 11.9. The molecule has 0 bridgehead atoms. The van der Waals surface area contributed by atoms with Gasteiger partial charge in [-0.1, -0.05) is 6.07 Å². The van der Waals surface area contributed by atoms with Gasteiger partial charge in [0.25, 0.3) is 5.91 Å². The third-order valence-electron chi connectivity index (χ3n) is 4.03. The van der Waals surface area contributed by atoms with Gasteiger partial charge in [-0.15, -0.1) is 0 Å². The molecule has 6 heteroatoms. The monoisotopic (exact) mass is 337 g/mol. The largest absolute Gasteiger partial charge is 0.322 e. The minimum absolute atomic E-state index is 0.276. The molecule has 128 valence electrons. The van der Waals surface area contributed by atoms with Gasteiger partial charge in [0.05, 0.1) is 11.0 Å². The molecule has 0 fully saturated rings. The van der Waals surface area contributed by atoms with E-state index in [4.69, 9.17) is 0 Å². The smallest absolute Gasteiger partial charge is 0.316 e. The summed E-state index contributed by atoms with van der Waals surface area (Å²) in [5.74, 6) is -0.276. The Morgan fingerprint density at radius 3 is 2.40 bits per heavy atom. The molecule has 1 heterocycles. The average Bonchev–Trinajstić information content (AvgIpc) is 2.54. The number of aromatic nitrogens is 2. The van der Waals surface area contributed by atoms with Gasteiger partial charge in [-0.3, -0.25) is 14.4 Å². The Morgan fingerprint density at radius 2 is 1.76 bits per heavy atom. The molecule has 0 aliphatic carbocycles. The van der Waals surface area contributed by atoms with Gasteiger partial charge in [0.15, 0.2) is 0 Å². The third kappa shape index (κ3) is 3.24. The van der Waals surface area contributed by atoms with E-state index >= 15 is 0 Å². The molecule has 0 saturated heterocycles. The number of aryl methyl sites for hydroxylation is 3. The molecule has 0 spiro atoms. The van der Waals surface area contributed by atoms with Crippen molar-refractivity contribution in [2.75, 3.05) is 5.32 Å². The molecule has 1 amide bonds. The second-order valence-electron chi connectivity index (χ2n) is 6.07. The minimum atomic E-state index is -0.693. The van der Waals surface area contributed by atoms with Gasteiger partial charge in [-0.05, 0) is 62.2 Å². The van der Waals surface area contributed by atoms with E-state index in [1.807, 2.05) is 32.0 Å². The molecular weight excluding hydrogens is 318 g/mol. The van der Waals surface area contributed by atoms with Crippen molar-refractivity contribution in [2.45, 2.75) is 27.3 Å². The highest BCUT2D eigenvalue weighted by Gasteiger charge is 2.11. The van der Waals surface area contributed by atoms with E-state index < -0.39 is 11.1 Å². The zero-order chi connectivity index (χ0) is 18.1. The summed E-state index contributed by atoms with van der Waals surface area (Å²) < 4.78 is 1.39. The molecule has 0 aliphatic heterocycles. The van der Waals surface area contributed by atoms with Gasteiger partial charge in [-0.25, -0.2) is 0 Å². The summed E-state index contributed by atoms with van der Waals surface area (Å²) in [5, 5.41) is 2.86. The molecule has 1 aromatic heterocycles. The van der Waals surface area contributed by atoms with Gasteiger partial charge in [0, 0.05) is 17.8 Å². The lowest BCUT2D eigenvalue weighted by atomic mass is 10.1. The van der Waals surface area contributed by atoms with Crippen LogP contribution in [0.3, 0.4) is 0 Å². The summed E-state index contributed by atoms with van der Waals surface area (Å²) >= 11 is 0. The highest BCUT2D eigenvalue weighted by atomic mass is 16.2. The molecular formula is C19H19N3O3. The van der Waals surface area contributed by atoms with Crippen molar-refractivity contribution in [2.24, 2.45) is 0 Å². The van der Waals surface area contributed by atoms with Crippen LogP contribution in [0.2, 0.25) is 0 Å². The lowest BCUT2D eigenvalue weighted by Gasteiger charge is -2.10. The Hall–Kier alpha value is -3.15. The van der Waals surface area contributed by atoms with Crippen LogP contribution in [-0.4, -0.2) is 15.5 Å². The molecule has 6 nitrogen and oxygen atoms in total. The van der Waals surface area contributed by atoms with Crippen molar-refractivity contribution in [3.63, 3.8) is 0 Å². The summed E-state index contributed by atoms with van der Waals surface area (Å²) in [7, 11) is 0. The molecule has 0 radical (unpaired) electrons. The Morgan fingerprint density at radius 1 is 1.08 bits per heavy atom. The van der Waals surface area contributed by atoms with Crippen molar-refractivity contribution < 1.29 is 4.79 Å². The Bertz CT molecular complexity index is 1070. The Kier molecular flexibility index (Phi) is 4.27. The third-order valence-corrected chi connectivity index (χ3v) is 4.03. The number of benzene rings is 2.